The summed E-state index contributed by atoms with van der Waals surface area (Å²) in [6.45, 7) is 20.1. The number of allylic oxidation sites excluding steroid dienone is 2. The van der Waals surface area contributed by atoms with Crippen molar-refractivity contribution in [2.75, 3.05) is 27.2 Å². The maximum absolute atomic E-state index is 2.43. The molecular weight excluding hydrogens is 220 g/mol. The number of hydrogen-bond donors (Lipinski definition) is 0. The van der Waals surface area contributed by atoms with Crippen LogP contribution in [-0.4, -0.2) is 37.0 Å². The highest BCUT2D eigenvalue weighted by molar-refractivity contribution is 5.24. The molecule has 2 heteroatoms. The van der Waals surface area contributed by atoms with Gasteiger partial charge < -0.3 is 9.80 Å². The molecule has 0 saturated heterocycles. The molecule has 1 aliphatic rings. The Hall–Kier alpha value is -0.660. The summed E-state index contributed by atoms with van der Waals surface area (Å²) in [7, 11) is 4.44. The topological polar surface area (TPSA) is 6.48 Å². The van der Waals surface area contributed by atoms with E-state index in [9.17, 15) is 0 Å². The zero-order chi connectivity index (χ0) is 14.7. The largest absolute Gasteiger partial charge is 0.374 e. The zero-order valence-electron chi connectivity index (χ0n) is 14.3. The van der Waals surface area contributed by atoms with Crippen LogP contribution in [0, 0.1) is 10.8 Å². The Kier molecular flexibility index (Phi) is 5.77. The molecule has 0 spiro atoms. The molecule has 0 aromatic rings. The van der Waals surface area contributed by atoms with Crippen molar-refractivity contribution >= 4 is 0 Å². The first-order chi connectivity index (χ1) is 8.05. The summed E-state index contributed by atoms with van der Waals surface area (Å²) in [4.78, 5) is 4.86. The Morgan fingerprint density at radius 3 is 1.06 bits per heavy atom. The molecule has 0 saturated carbocycles. The summed E-state index contributed by atoms with van der Waals surface area (Å²) >= 11 is 0. The third kappa shape index (κ3) is 3.93. The lowest BCUT2D eigenvalue weighted by Crippen LogP contribution is -2.45. The highest BCUT2D eigenvalue weighted by atomic mass is 15.2. The van der Waals surface area contributed by atoms with E-state index in [0.29, 0.717) is 0 Å². The molecule has 0 atom stereocenters. The minimum atomic E-state index is 0.214. The highest BCUT2D eigenvalue weighted by Gasteiger charge is 2.35. The van der Waals surface area contributed by atoms with Gasteiger partial charge in [-0.2, -0.15) is 0 Å². The normalized spacial score (nSPS) is 17.7. The van der Waals surface area contributed by atoms with Gasteiger partial charge in [-0.3, -0.25) is 0 Å². The van der Waals surface area contributed by atoms with E-state index in [1.807, 2.05) is 13.8 Å². The van der Waals surface area contributed by atoms with Crippen molar-refractivity contribution < 1.29 is 0 Å². The molecule has 0 aromatic carbocycles. The number of likely N-dealkylation sites (N-methyl/N-ethyl adjacent to an activating group) is 2. The van der Waals surface area contributed by atoms with Crippen LogP contribution in [0.25, 0.3) is 0 Å². The zero-order valence-corrected chi connectivity index (χ0v) is 14.3. The first-order valence-corrected chi connectivity index (χ1v) is 7.22. The Balaban J connectivity index is 0.00000137. The minimum absolute atomic E-state index is 0.214. The van der Waals surface area contributed by atoms with Crippen LogP contribution < -0.4 is 0 Å². The van der Waals surface area contributed by atoms with Crippen LogP contribution in [0.4, 0.5) is 0 Å². The molecule has 2 nitrogen and oxygen atoms in total. The number of hydrogen-bond acceptors (Lipinski definition) is 2. The lowest BCUT2D eigenvalue weighted by Gasteiger charge is -2.46. The Bertz CT molecular complexity index is 259. The maximum Gasteiger partial charge on any atom is 0.0385 e. The van der Waals surface area contributed by atoms with E-state index in [1.54, 1.807) is 0 Å². The quantitative estimate of drug-likeness (QED) is 0.639. The molecule has 1 rings (SSSR count). The second-order valence-electron chi connectivity index (χ2n) is 7.04. The van der Waals surface area contributed by atoms with E-state index in [-0.39, 0.29) is 10.8 Å². The summed E-state index contributed by atoms with van der Waals surface area (Å²) < 4.78 is 0. The predicted molar refractivity (Wildman–Crippen MR) is 82.5 cm³/mol. The van der Waals surface area contributed by atoms with Crippen molar-refractivity contribution in [1.29, 1.82) is 0 Å². The Morgan fingerprint density at radius 2 is 0.889 bits per heavy atom. The van der Waals surface area contributed by atoms with Crippen molar-refractivity contribution in [3.05, 3.63) is 11.4 Å². The first kappa shape index (κ1) is 17.3. The molecule has 0 N–H and O–H groups in total. The van der Waals surface area contributed by atoms with Crippen LogP contribution in [0.3, 0.4) is 0 Å². The van der Waals surface area contributed by atoms with E-state index < -0.39 is 0 Å². The van der Waals surface area contributed by atoms with Crippen molar-refractivity contribution in [3.8, 4) is 0 Å². The standard InChI is InChI=1S/C14H28N2.C2H6/c1-13(2,3)11-12(14(4,5)6)16(8)10-9-15(11)7;1-2/h9-10H2,1-8H3;1-2H3. The fraction of sp³-hybridized carbons (Fsp3) is 0.875. The molecule has 0 bridgehead atoms. The van der Waals surface area contributed by atoms with Crippen LogP contribution in [-0.2, 0) is 0 Å². The molecule has 1 aliphatic heterocycles. The van der Waals surface area contributed by atoms with E-state index >= 15 is 0 Å². The van der Waals surface area contributed by atoms with Gasteiger partial charge in [-0.15, -0.1) is 0 Å². The second-order valence-corrected chi connectivity index (χ2v) is 7.04. The molecule has 108 valence electrons. The second kappa shape index (κ2) is 5.99. The smallest absolute Gasteiger partial charge is 0.0385 e. The molecule has 0 aliphatic carbocycles. The van der Waals surface area contributed by atoms with Crippen molar-refractivity contribution in [1.82, 2.24) is 9.80 Å². The van der Waals surface area contributed by atoms with E-state index in [0.717, 1.165) is 13.1 Å². The van der Waals surface area contributed by atoms with Gasteiger partial charge in [0.2, 0.25) is 0 Å². The first-order valence-electron chi connectivity index (χ1n) is 7.22. The van der Waals surface area contributed by atoms with E-state index in [4.69, 9.17) is 0 Å². The van der Waals surface area contributed by atoms with Gasteiger partial charge in [0.1, 0.15) is 0 Å². The molecule has 1 heterocycles. The third-order valence-corrected chi connectivity index (χ3v) is 3.18. The summed E-state index contributed by atoms with van der Waals surface area (Å²) in [6.07, 6.45) is 0. The molecule has 0 aromatic heterocycles. The van der Waals surface area contributed by atoms with Gasteiger partial charge in [0.15, 0.2) is 0 Å². The lowest BCUT2D eigenvalue weighted by molar-refractivity contribution is 0.183. The molecule has 0 amide bonds. The van der Waals surface area contributed by atoms with Crippen LogP contribution in [0.5, 0.6) is 0 Å². The fourth-order valence-corrected chi connectivity index (χ4v) is 2.74. The predicted octanol–water partition coefficient (Wildman–Crippen LogP) is 4.19. The summed E-state index contributed by atoms with van der Waals surface area (Å²) in [5, 5.41) is 0. The van der Waals surface area contributed by atoms with Gasteiger partial charge in [-0.1, -0.05) is 55.4 Å². The molecule has 0 radical (unpaired) electrons. The molecular formula is C16H34N2. The number of rotatable bonds is 0. The maximum atomic E-state index is 2.43. The van der Waals surface area contributed by atoms with Crippen LogP contribution in [0.1, 0.15) is 55.4 Å². The summed E-state index contributed by atoms with van der Waals surface area (Å²) in [6, 6.07) is 0. The Morgan fingerprint density at radius 1 is 0.667 bits per heavy atom. The van der Waals surface area contributed by atoms with Crippen molar-refractivity contribution in [3.63, 3.8) is 0 Å². The van der Waals surface area contributed by atoms with E-state index in [1.165, 1.54) is 11.4 Å². The van der Waals surface area contributed by atoms with Gasteiger partial charge in [0, 0.05) is 49.4 Å². The monoisotopic (exact) mass is 254 g/mol. The SMILES string of the molecule is CC.CN1CCN(C)C(C(C)(C)C)=C1C(C)(C)C. The van der Waals surface area contributed by atoms with E-state index in [2.05, 4.69) is 65.4 Å². The van der Waals surface area contributed by atoms with Crippen LogP contribution >= 0.6 is 0 Å². The van der Waals surface area contributed by atoms with Crippen molar-refractivity contribution in [2.24, 2.45) is 10.8 Å². The molecule has 0 fully saturated rings. The van der Waals surface area contributed by atoms with Gasteiger partial charge in [0.25, 0.3) is 0 Å². The minimum Gasteiger partial charge on any atom is -0.374 e. The average molecular weight is 254 g/mol. The van der Waals surface area contributed by atoms with Crippen LogP contribution in [0.15, 0.2) is 11.4 Å². The average Bonchev–Trinajstić information content (AvgIpc) is 2.20. The fourth-order valence-electron chi connectivity index (χ4n) is 2.74. The van der Waals surface area contributed by atoms with Gasteiger partial charge >= 0.3 is 0 Å². The number of nitrogens with zero attached hydrogens (tertiary/aromatic N) is 2. The highest BCUT2D eigenvalue weighted by Crippen LogP contribution is 2.40. The van der Waals surface area contributed by atoms with Gasteiger partial charge in [0.05, 0.1) is 0 Å². The lowest BCUT2D eigenvalue weighted by atomic mass is 9.80. The summed E-state index contributed by atoms with van der Waals surface area (Å²) in [5.41, 5.74) is 3.42. The van der Waals surface area contributed by atoms with Gasteiger partial charge in [-0.25, -0.2) is 0 Å². The Labute approximate surface area is 115 Å². The summed E-state index contributed by atoms with van der Waals surface area (Å²) in [5.74, 6) is 0. The molecule has 18 heavy (non-hydrogen) atoms. The van der Waals surface area contributed by atoms with Crippen LogP contribution in [0.2, 0.25) is 0 Å². The van der Waals surface area contributed by atoms with Crippen molar-refractivity contribution in [2.45, 2.75) is 55.4 Å². The molecule has 0 unspecified atom stereocenters. The van der Waals surface area contributed by atoms with Gasteiger partial charge in [-0.05, 0) is 0 Å². The third-order valence-electron chi connectivity index (χ3n) is 3.18.